The summed E-state index contributed by atoms with van der Waals surface area (Å²) in [5.41, 5.74) is 0. The summed E-state index contributed by atoms with van der Waals surface area (Å²) >= 11 is 0. The smallest absolute Gasteiger partial charge is 0.226 e. The van der Waals surface area contributed by atoms with Crippen LogP contribution in [0.5, 0.6) is 0 Å². The number of nitrogens with zero attached hydrogens (tertiary/aromatic N) is 1. The first kappa shape index (κ1) is 13.2. The lowest BCUT2D eigenvalue weighted by molar-refractivity contribution is -0.136. The average Bonchev–Trinajstić information content (AvgIpc) is 3.03. The number of carbonyl (C=O) groups is 1. The molecule has 0 bridgehead atoms. The molecule has 0 radical (unpaired) electrons. The molecular formula is C13H23ClN2O. The molecule has 1 saturated heterocycles. The van der Waals surface area contributed by atoms with Crippen LogP contribution in [0, 0.1) is 17.8 Å². The molecule has 2 saturated carbocycles. The Kier molecular flexibility index (Phi) is 3.99. The third-order valence-electron chi connectivity index (χ3n) is 4.73. The molecule has 2 aliphatic carbocycles. The molecule has 3 aliphatic rings. The molecule has 1 aliphatic heterocycles. The quantitative estimate of drug-likeness (QED) is 0.776. The number of carbonyl (C=O) groups excluding carboxylic acids is 1. The van der Waals surface area contributed by atoms with Crippen LogP contribution < -0.4 is 5.32 Å². The van der Waals surface area contributed by atoms with E-state index >= 15 is 0 Å². The van der Waals surface area contributed by atoms with Crippen LogP contribution in [0.15, 0.2) is 0 Å². The van der Waals surface area contributed by atoms with Gasteiger partial charge in [0, 0.05) is 31.6 Å². The minimum atomic E-state index is 0. The summed E-state index contributed by atoms with van der Waals surface area (Å²) in [6, 6.07) is 0.393. The van der Waals surface area contributed by atoms with Crippen molar-refractivity contribution in [1.29, 1.82) is 0 Å². The van der Waals surface area contributed by atoms with Crippen LogP contribution in [0.25, 0.3) is 0 Å². The lowest BCUT2D eigenvalue weighted by Gasteiger charge is -2.34. The monoisotopic (exact) mass is 258 g/mol. The van der Waals surface area contributed by atoms with E-state index in [1.165, 1.54) is 25.7 Å². The van der Waals surface area contributed by atoms with E-state index in [0.29, 0.717) is 17.9 Å². The molecular weight excluding hydrogens is 236 g/mol. The highest BCUT2D eigenvalue weighted by Crippen LogP contribution is 2.56. The lowest BCUT2D eigenvalue weighted by Crippen LogP contribution is -2.53. The van der Waals surface area contributed by atoms with Gasteiger partial charge in [0.1, 0.15) is 0 Å². The molecule has 0 spiro atoms. The van der Waals surface area contributed by atoms with E-state index in [9.17, 15) is 4.79 Å². The molecule has 98 valence electrons. The van der Waals surface area contributed by atoms with Crippen molar-refractivity contribution < 1.29 is 4.79 Å². The Hall–Kier alpha value is -0.280. The second kappa shape index (κ2) is 5.15. The van der Waals surface area contributed by atoms with Crippen LogP contribution in [0.4, 0.5) is 0 Å². The fraction of sp³-hybridized carbons (Fsp3) is 0.923. The van der Waals surface area contributed by atoms with Crippen molar-refractivity contribution in [2.24, 2.45) is 17.8 Å². The van der Waals surface area contributed by atoms with E-state index in [1.807, 2.05) is 0 Å². The van der Waals surface area contributed by atoms with E-state index in [4.69, 9.17) is 0 Å². The van der Waals surface area contributed by atoms with Crippen molar-refractivity contribution in [3.63, 3.8) is 0 Å². The molecule has 3 fully saturated rings. The molecule has 1 N–H and O–H groups in total. The lowest BCUT2D eigenvalue weighted by atomic mass is 10.0. The highest BCUT2D eigenvalue weighted by molar-refractivity contribution is 5.85. The average molecular weight is 259 g/mol. The summed E-state index contributed by atoms with van der Waals surface area (Å²) in [6.07, 6.45) is 5.31. The summed E-state index contributed by atoms with van der Waals surface area (Å²) in [5, 5.41) is 3.35. The topological polar surface area (TPSA) is 32.3 Å². The third kappa shape index (κ3) is 2.32. The zero-order valence-electron chi connectivity index (χ0n) is 10.5. The zero-order valence-corrected chi connectivity index (χ0v) is 11.3. The van der Waals surface area contributed by atoms with E-state index in [1.54, 1.807) is 0 Å². The standard InChI is InChI=1S/C13H22N2O.ClH/c1-9-8-14-6-7-15(9)13(16)12-10-4-2-3-5-11(10)12;/h9-12,14H,2-8H2,1H3;1H/t9-,10?,11?,12?;/m0./s1. The van der Waals surface area contributed by atoms with Crippen LogP contribution in [-0.4, -0.2) is 36.5 Å². The molecule has 0 aromatic rings. The van der Waals surface area contributed by atoms with Crippen molar-refractivity contribution in [2.45, 2.75) is 38.6 Å². The zero-order chi connectivity index (χ0) is 11.1. The van der Waals surface area contributed by atoms with Gasteiger partial charge in [-0.15, -0.1) is 12.4 Å². The summed E-state index contributed by atoms with van der Waals surface area (Å²) in [6.45, 7) is 5.01. The second-order valence-electron chi connectivity index (χ2n) is 5.72. The molecule has 2 unspecified atom stereocenters. The van der Waals surface area contributed by atoms with Gasteiger partial charge in [-0.3, -0.25) is 4.79 Å². The number of piperazine rings is 1. The van der Waals surface area contributed by atoms with Gasteiger partial charge in [-0.25, -0.2) is 0 Å². The Balaban J connectivity index is 0.00000108. The van der Waals surface area contributed by atoms with E-state index in [-0.39, 0.29) is 12.4 Å². The minimum Gasteiger partial charge on any atom is -0.337 e. The van der Waals surface area contributed by atoms with Crippen molar-refractivity contribution in [1.82, 2.24) is 10.2 Å². The van der Waals surface area contributed by atoms with Gasteiger partial charge >= 0.3 is 0 Å². The predicted molar refractivity (Wildman–Crippen MR) is 70.2 cm³/mol. The van der Waals surface area contributed by atoms with Gasteiger partial charge in [-0.1, -0.05) is 12.8 Å². The minimum absolute atomic E-state index is 0. The Bertz CT molecular complexity index is 285. The first-order valence-corrected chi connectivity index (χ1v) is 6.80. The van der Waals surface area contributed by atoms with Gasteiger partial charge in [0.05, 0.1) is 0 Å². The van der Waals surface area contributed by atoms with E-state index < -0.39 is 0 Å². The molecule has 1 heterocycles. The number of nitrogens with one attached hydrogen (secondary N) is 1. The number of rotatable bonds is 1. The summed E-state index contributed by atoms with van der Waals surface area (Å²) in [5.74, 6) is 2.38. The van der Waals surface area contributed by atoms with Crippen molar-refractivity contribution in [2.75, 3.05) is 19.6 Å². The summed E-state index contributed by atoms with van der Waals surface area (Å²) in [4.78, 5) is 14.6. The Morgan fingerprint density at radius 3 is 2.47 bits per heavy atom. The normalized spacial score (nSPS) is 40.2. The Labute approximate surface area is 110 Å². The van der Waals surface area contributed by atoms with Gasteiger partial charge in [-0.2, -0.15) is 0 Å². The molecule has 4 heteroatoms. The van der Waals surface area contributed by atoms with Gasteiger partial charge in [0.15, 0.2) is 0 Å². The van der Waals surface area contributed by atoms with Gasteiger partial charge < -0.3 is 10.2 Å². The van der Waals surface area contributed by atoms with E-state index in [0.717, 1.165) is 31.5 Å². The maximum Gasteiger partial charge on any atom is 0.226 e. The van der Waals surface area contributed by atoms with Crippen LogP contribution in [0.3, 0.4) is 0 Å². The molecule has 3 rings (SSSR count). The van der Waals surface area contributed by atoms with Crippen LogP contribution >= 0.6 is 12.4 Å². The van der Waals surface area contributed by atoms with Crippen molar-refractivity contribution in [3.8, 4) is 0 Å². The van der Waals surface area contributed by atoms with E-state index in [2.05, 4.69) is 17.1 Å². The second-order valence-corrected chi connectivity index (χ2v) is 5.72. The third-order valence-corrected chi connectivity index (χ3v) is 4.73. The van der Waals surface area contributed by atoms with Crippen molar-refractivity contribution >= 4 is 18.3 Å². The number of halogens is 1. The molecule has 3 nitrogen and oxygen atoms in total. The summed E-state index contributed by atoms with van der Waals surface area (Å²) in [7, 11) is 0. The van der Waals surface area contributed by atoms with Gasteiger partial charge in [0.2, 0.25) is 5.91 Å². The molecule has 0 aromatic heterocycles. The Morgan fingerprint density at radius 2 is 1.88 bits per heavy atom. The van der Waals surface area contributed by atoms with Crippen molar-refractivity contribution in [3.05, 3.63) is 0 Å². The number of fused-ring (bicyclic) bond motifs is 1. The highest BCUT2D eigenvalue weighted by atomic mass is 35.5. The SMILES string of the molecule is C[C@H]1CNCCN1C(=O)C1C2CCCCC21.Cl. The highest BCUT2D eigenvalue weighted by Gasteiger charge is 2.56. The first-order chi connectivity index (χ1) is 7.79. The molecule has 1 amide bonds. The molecule has 0 aromatic carbocycles. The molecule has 17 heavy (non-hydrogen) atoms. The number of hydrogen-bond donors (Lipinski definition) is 1. The van der Waals surface area contributed by atoms with Gasteiger partial charge in [0.25, 0.3) is 0 Å². The number of hydrogen-bond acceptors (Lipinski definition) is 2. The number of amides is 1. The maximum atomic E-state index is 12.4. The van der Waals surface area contributed by atoms with Crippen LogP contribution in [-0.2, 0) is 4.79 Å². The van der Waals surface area contributed by atoms with Crippen LogP contribution in [0.2, 0.25) is 0 Å². The van der Waals surface area contributed by atoms with Gasteiger partial charge in [-0.05, 0) is 31.6 Å². The fourth-order valence-corrected chi connectivity index (χ4v) is 3.72. The Morgan fingerprint density at radius 1 is 1.24 bits per heavy atom. The largest absolute Gasteiger partial charge is 0.337 e. The summed E-state index contributed by atoms with van der Waals surface area (Å²) < 4.78 is 0. The maximum absolute atomic E-state index is 12.4. The first-order valence-electron chi connectivity index (χ1n) is 6.80. The molecule has 3 atom stereocenters. The predicted octanol–water partition coefficient (Wildman–Crippen LogP) is 1.66. The van der Waals surface area contributed by atoms with Crippen LogP contribution in [0.1, 0.15) is 32.6 Å². The fourth-order valence-electron chi connectivity index (χ4n) is 3.72.